The van der Waals surface area contributed by atoms with Crippen molar-refractivity contribution >= 4 is 21.2 Å². The monoisotopic (exact) mass is 405 g/mol. The van der Waals surface area contributed by atoms with Gasteiger partial charge in [-0.2, -0.15) is 0 Å². The lowest BCUT2D eigenvalue weighted by molar-refractivity contribution is 0.581. The van der Waals surface area contributed by atoms with E-state index in [2.05, 4.69) is 14.7 Å². The summed E-state index contributed by atoms with van der Waals surface area (Å²) in [5.41, 5.74) is 0.583. The van der Waals surface area contributed by atoms with Crippen LogP contribution in [0.5, 0.6) is 0 Å². The van der Waals surface area contributed by atoms with Crippen LogP contribution in [0.25, 0.3) is 11.2 Å². The number of nitrogens with one attached hydrogen (secondary N) is 2. The van der Waals surface area contributed by atoms with E-state index in [1.165, 1.54) is 18.7 Å². The Labute approximate surface area is 162 Å². The van der Waals surface area contributed by atoms with Crippen molar-refractivity contribution in [2.45, 2.75) is 31.1 Å². The third-order valence-corrected chi connectivity index (χ3v) is 6.13. The highest BCUT2D eigenvalue weighted by molar-refractivity contribution is 7.89. The molecule has 0 bridgehead atoms. The summed E-state index contributed by atoms with van der Waals surface area (Å²) in [5, 5.41) is 0. The molecule has 0 saturated heterocycles. The Balaban J connectivity index is 1.76. The molecule has 2 N–H and O–H groups in total. The number of hydrogen-bond acceptors (Lipinski definition) is 5. The van der Waals surface area contributed by atoms with E-state index in [1.807, 2.05) is 13.8 Å². The average Bonchev–Trinajstić information content (AvgIpc) is 3.09. The molecule has 10 heteroatoms. The van der Waals surface area contributed by atoms with Gasteiger partial charge in [0.15, 0.2) is 5.65 Å². The number of aromatic nitrogens is 4. The van der Waals surface area contributed by atoms with E-state index in [1.54, 1.807) is 24.3 Å². The van der Waals surface area contributed by atoms with Crippen LogP contribution >= 0.6 is 0 Å². The molecule has 0 spiro atoms. The molecule has 0 aliphatic carbocycles. The molecule has 0 aliphatic heterocycles. The van der Waals surface area contributed by atoms with Crippen molar-refractivity contribution < 1.29 is 8.42 Å². The molecule has 3 rings (SSSR count). The lowest BCUT2D eigenvalue weighted by Crippen LogP contribution is -2.36. The number of nitrogens with zero attached hydrogens (tertiary/aromatic N) is 3. The highest BCUT2D eigenvalue weighted by Gasteiger charge is 2.16. The molecule has 150 valence electrons. The fourth-order valence-electron chi connectivity index (χ4n) is 2.91. The van der Waals surface area contributed by atoms with E-state index in [-0.39, 0.29) is 29.0 Å². The Bertz CT molecular complexity index is 1230. The molecule has 0 radical (unpaired) electrons. The van der Waals surface area contributed by atoms with Crippen LogP contribution in [0.1, 0.15) is 31.2 Å². The summed E-state index contributed by atoms with van der Waals surface area (Å²) in [7, 11) is -0.727. The molecule has 0 aliphatic rings. The predicted octanol–water partition coefficient (Wildman–Crippen LogP) is 0.605. The summed E-state index contributed by atoms with van der Waals surface area (Å²) < 4.78 is 29.7. The second-order valence-electron chi connectivity index (χ2n) is 6.96. The quantitative estimate of drug-likeness (QED) is 0.623. The van der Waals surface area contributed by atoms with Crippen LogP contribution in [0.2, 0.25) is 0 Å². The van der Waals surface area contributed by atoms with Gasteiger partial charge < -0.3 is 4.98 Å². The summed E-state index contributed by atoms with van der Waals surface area (Å²) in [6.07, 6.45) is 0.245. The normalized spacial score (nSPS) is 12.2. The summed E-state index contributed by atoms with van der Waals surface area (Å²) >= 11 is 0. The molecule has 0 unspecified atom stereocenters. The van der Waals surface area contributed by atoms with Crippen LogP contribution in [-0.2, 0) is 30.5 Å². The first-order chi connectivity index (χ1) is 13.1. The first-order valence-corrected chi connectivity index (χ1v) is 10.3. The standard InChI is InChI=1S/C18H23N5O4S/c1-11(2)12-5-7-13(8-6-12)28(26,27)19-10-9-14-20-15-16(21-14)22(3)18(25)23(4)17(15)24/h5-8,11,19H,9-10H2,1-4H3,(H,20,21). The van der Waals surface area contributed by atoms with Crippen molar-refractivity contribution in [1.82, 2.24) is 23.8 Å². The molecule has 3 aromatic rings. The van der Waals surface area contributed by atoms with Crippen molar-refractivity contribution in [1.29, 1.82) is 0 Å². The fourth-order valence-corrected chi connectivity index (χ4v) is 3.94. The molecule has 0 fully saturated rings. The maximum atomic E-state index is 12.4. The number of imidazole rings is 1. The van der Waals surface area contributed by atoms with E-state index in [0.717, 1.165) is 10.1 Å². The van der Waals surface area contributed by atoms with Crippen molar-refractivity contribution in [3.05, 3.63) is 56.5 Å². The van der Waals surface area contributed by atoms with Gasteiger partial charge in [0.25, 0.3) is 5.56 Å². The summed E-state index contributed by atoms with van der Waals surface area (Å²) in [6.45, 7) is 4.18. The first kappa shape index (κ1) is 20.0. The van der Waals surface area contributed by atoms with Crippen LogP contribution in [0.4, 0.5) is 0 Å². The minimum atomic E-state index is -3.65. The van der Waals surface area contributed by atoms with Crippen LogP contribution in [0, 0.1) is 0 Å². The molecular formula is C18H23N5O4S. The van der Waals surface area contributed by atoms with Gasteiger partial charge in [-0.1, -0.05) is 26.0 Å². The van der Waals surface area contributed by atoms with Gasteiger partial charge in [-0.25, -0.2) is 22.9 Å². The van der Waals surface area contributed by atoms with Gasteiger partial charge in [0.05, 0.1) is 4.90 Å². The second-order valence-corrected chi connectivity index (χ2v) is 8.73. The highest BCUT2D eigenvalue weighted by atomic mass is 32.2. The van der Waals surface area contributed by atoms with Gasteiger partial charge in [0.2, 0.25) is 10.0 Å². The van der Waals surface area contributed by atoms with Crippen molar-refractivity contribution in [2.75, 3.05) is 6.54 Å². The molecule has 2 aromatic heterocycles. The Morgan fingerprint density at radius 3 is 2.36 bits per heavy atom. The van der Waals surface area contributed by atoms with Crippen LogP contribution in [0.15, 0.2) is 38.8 Å². The number of aryl methyl sites for hydroxylation is 1. The zero-order valence-electron chi connectivity index (χ0n) is 16.2. The van der Waals surface area contributed by atoms with Crippen molar-refractivity contribution in [2.24, 2.45) is 14.1 Å². The number of hydrogen-bond donors (Lipinski definition) is 2. The first-order valence-electron chi connectivity index (χ1n) is 8.86. The van der Waals surface area contributed by atoms with Crippen LogP contribution < -0.4 is 16.0 Å². The van der Waals surface area contributed by atoms with Gasteiger partial charge in [0, 0.05) is 27.1 Å². The smallest absolute Gasteiger partial charge is 0.332 e. The van der Waals surface area contributed by atoms with Crippen LogP contribution in [0.3, 0.4) is 0 Å². The molecule has 1 aromatic carbocycles. The maximum Gasteiger partial charge on any atom is 0.332 e. The number of aromatic amines is 1. The molecule has 9 nitrogen and oxygen atoms in total. The van der Waals surface area contributed by atoms with E-state index in [9.17, 15) is 18.0 Å². The minimum absolute atomic E-state index is 0.0996. The van der Waals surface area contributed by atoms with Gasteiger partial charge in [-0.15, -0.1) is 0 Å². The minimum Gasteiger partial charge on any atom is -0.336 e. The SMILES string of the molecule is CC(C)c1ccc(S(=O)(=O)NCCc2nc3c([nH]2)c(=O)n(C)c(=O)n3C)cc1. The number of rotatable bonds is 6. The molecule has 0 amide bonds. The van der Waals surface area contributed by atoms with Gasteiger partial charge in [0.1, 0.15) is 11.3 Å². The lowest BCUT2D eigenvalue weighted by Gasteiger charge is -2.08. The molecule has 2 heterocycles. The number of benzene rings is 1. The zero-order valence-corrected chi connectivity index (χ0v) is 17.0. The van der Waals surface area contributed by atoms with E-state index in [4.69, 9.17) is 0 Å². The number of fused-ring (bicyclic) bond motifs is 1. The van der Waals surface area contributed by atoms with E-state index in [0.29, 0.717) is 11.7 Å². The lowest BCUT2D eigenvalue weighted by atomic mass is 10.0. The Hall–Kier alpha value is -2.72. The molecular weight excluding hydrogens is 382 g/mol. The largest absolute Gasteiger partial charge is 0.336 e. The molecule has 0 saturated carbocycles. The predicted molar refractivity (Wildman–Crippen MR) is 106 cm³/mol. The summed E-state index contributed by atoms with van der Waals surface area (Å²) in [5.74, 6) is 0.743. The Morgan fingerprint density at radius 1 is 1.11 bits per heavy atom. The van der Waals surface area contributed by atoms with Crippen molar-refractivity contribution in [3.8, 4) is 0 Å². The second kappa shape index (κ2) is 7.36. The topological polar surface area (TPSA) is 119 Å². The maximum absolute atomic E-state index is 12.4. The van der Waals surface area contributed by atoms with E-state index < -0.39 is 21.3 Å². The number of H-pyrrole nitrogens is 1. The Kier molecular flexibility index (Phi) is 5.26. The van der Waals surface area contributed by atoms with E-state index >= 15 is 0 Å². The zero-order chi connectivity index (χ0) is 20.6. The third-order valence-electron chi connectivity index (χ3n) is 4.65. The summed E-state index contributed by atoms with van der Waals surface area (Å²) in [4.78, 5) is 31.5. The highest BCUT2D eigenvalue weighted by Crippen LogP contribution is 2.17. The fraction of sp³-hybridized carbons (Fsp3) is 0.389. The number of sulfonamides is 1. The Morgan fingerprint density at radius 2 is 1.75 bits per heavy atom. The van der Waals surface area contributed by atoms with Gasteiger partial charge in [-0.3, -0.25) is 13.9 Å². The molecule has 0 atom stereocenters. The van der Waals surface area contributed by atoms with Gasteiger partial charge >= 0.3 is 5.69 Å². The molecule has 28 heavy (non-hydrogen) atoms. The average molecular weight is 405 g/mol. The van der Waals surface area contributed by atoms with Crippen molar-refractivity contribution in [3.63, 3.8) is 0 Å². The van der Waals surface area contributed by atoms with Gasteiger partial charge in [-0.05, 0) is 23.6 Å². The third kappa shape index (κ3) is 3.65. The van der Waals surface area contributed by atoms with Crippen LogP contribution in [-0.4, -0.2) is 34.1 Å². The summed E-state index contributed by atoms with van der Waals surface area (Å²) in [6, 6.07) is 6.76.